The lowest BCUT2D eigenvalue weighted by atomic mass is 10.3. The van der Waals surface area contributed by atoms with Gasteiger partial charge in [0.2, 0.25) is 0 Å². The van der Waals surface area contributed by atoms with Crippen molar-refractivity contribution >= 4 is 10.0 Å². The molecule has 2 rings (SSSR count). The van der Waals surface area contributed by atoms with Crippen molar-refractivity contribution in [3.63, 3.8) is 0 Å². The SMILES string of the molecule is Cc1cc(S(N)(=O)=O)ncc1OC1CC1. The minimum atomic E-state index is -3.72. The number of rotatable bonds is 3. The Kier molecular flexibility index (Phi) is 2.40. The third-order valence-electron chi connectivity index (χ3n) is 2.15. The van der Waals surface area contributed by atoms with Crippen molar-refractivity contribution in [2.75, 3.05) is 0 Å². The highest BCUT2D eigenvalue weighted by molar-refractivity contribution is 7.89. The van der Waals surface area contributed by atoms with Crippen LogP contribution in [0.3, 0.4) is 0 Å². The zero-order valence-electron chi connectivity index (χ0n) is 8.30. The molecule has 0 saturated heterocycles. The largest absolute Gasteiger partial charge is 0.489 e. The van der Waals surface area contributed by atoms with Crippen LogP contribution in [0.25, 0.3) is 0 Å². The number of ether oxygens (including phenoxy) is 1. The van der Waals surface area contributed by atoms with Crippen molar-refractivity contribution in [1.82, 2.24) is 4.98 Å². The number of primary sulfonamides is 1. The lowest BCUT2D eigenvalue weighted by molar-refractivity contribution is 0.299. The molecule has 1 aromatic rings. The molecule has 0 aliphatic heterocycles. The van der Waals surface area contributed by atoms with Crippen molar-refractivity contribution in [1.29, 1.82) is 0 Å². The fourth-order valence-corrected chi connectivity index (χ4v) is 1.70. The Labute approximate surface area is 88.3 Å². The first-order valence-corrected chi connectivity index (χ1v) is 6.17. The monoisotopic (exact) mass is 228 g/mol. The number of hydrogen-bond acceptors (Lipinski definition) is 4. The molecule has 1 heterocycles. The molecule has 0 radical (unpaired) electrons. The fraction of sp³-hybridized carbons (Fsp3) is 0.444. The summed E-state index contributed by atoms with van der Waals surface area (Å²) in [5, 5.41) is 4.84. The highest BCUT2D eigenvalue weighted by atomic mass is 32.2. The van der Waals surface area contributed by atoms with Gasteiger partial charge in [-0.3, -0.25) is 0 Å². The van der Waals surface area contributed by atoms with Crippen LogP contribution in [-0.4, -0.2) is 19.5 Å². The van der Waals surface area contributed by atoms with E-state index in [4.69, 9.17) is 9.88 Å². The predicted octanol–water partition coefficient (Wildman–Crippen LogP) is 0.579. The van der Waals surface area contributed by atoms with E-state index in [1.165, 1.54) is 12.3 Å². The Hall–Kier alpha value is -1.14. The van der Waals surface area contributed by atoms with Crippen LogP contribution in [0.5, 0.6) is 5.75 Å². The summed E-state index contributed by atoms with van der Waals surface area (Å²) >= 11 is 0. The van der Waals surface area contributed by atoms with Crippen LogP contribution in [0.15, 0.2) is 17.3 Å². The van der Waals surface area contributed by atoms with E-state index in [0.29, 0.717) is 5.75 Å². The Morgan fingerprint density at radius 3 is 2.67 bits per heavy atom. The molecule has 1 aliphatic rings. The van der Waals surface area contributed by atoms with Crippen LogP contribution < -0.4 is 9.88 Å². The molecule has 2 N–H and O–H groups in total. The number of aryl methyl sites for hydroxylation is 1. The quantitative estimate of drug-likeness (QED) is 0.820. The van der Waals surface area contributed by atoms with Crippen LogP contribution in [-0.2, 0) is 10.0 Å². The number of hydrogen-bond donors (Lipinski definition) is 1. The second kappa shape index (κ2) is 3.46. The molecule has 0 atom stereocenters. The van der Waals surface area contributed by atoms with Gasteiger partial charge in [0.15, 0.2) is 5.03 Å². The summed E-state index contributed by atoms with van der Waals surface area (Å²) in [6, 6.07) is 1.42. The fourth-order valence-electron chi connectivity index (χ4n) is 1.16. The first kappa shape index (κ1) is 10.4. The molecule has 1 saturated carbocycles. The highest BCUT2D eigenvalue weighted by Gasteiger charge is 2.24. The lowest BCUT2D eigenvalue weighted by Gasteiger charge is -2.07. The van der Waals surface area contributed by atoms with Crippen molar-refractivity contribution < 1.29 is 13.2 Å². The van der Waals surface area contributed by atoms with Gasteiger partial charge in [0.25, 0.3) is 10.0 Å². The average Bonchev–Trinajstić information content (AvgIpc) is 2.90. The lowest BCUT2D eigenvalue weighted by Crippen LogP contribution is -2.14. The first-order chi connectivity index (χ1) is 6.97. The van der Waals surface area contributed by atoms with E-state index >= 15 is 0 Å². The average molecular weight is 228 g/mol. The van der Waals surface area contributed by atoms with E-state index in [1.807, 2.05) is 0 Å². The zero-order valence-corrected chi connectivity index (χ0v) is 9.12. The van der Waals surface area contributed by atoms with E-state index in [0.717, 1.165) is 18.4 Å². The Morgan fingerprint density at radius 2 is 2.20 bits per heavy atom. The van der Waals surface area contributed by atoms with Crippen molar-refractivity contribution in [2.24, 2.45) is 5.14 Å². The van der Waals surface area contributed by atoms with Gasteiger partial charge in [-0.05, 0) is 31.4 Å². The molecule has 0 bridgehead atoms. The summed E-state index contributed by atoms with van der Waals surface area (Å²) in [5.41, 5.74) is 0.737. The normalized spacial score (nSPS) is 16.4. The van der Waals surface area contributed by atoms with Gasteiger partial charge in [0, 0.05) is 0 Å². The number of nitrogens with zero attached hydrogens (tertiary/aromatic N) is 1. The maximum atomic E-state index is 11.0. The summed E-state index contributed by atoms with van der Waals surface area (Å²) in [4.78, 5) is 3.75. The number of aromatic nitrogens is 1. The van der Waals surface area contributed by atoms with E-state index in [-0.39, 0.29) is 11.1 Å². The molecule has 6 heteroatoms. The van der Waals surface area contributed by atoms with Gasteiger partial charge in [0.05, 0.1) is 12.3 Å². The van der Waals surface area contributed by atoms with Gasteiger partial charge >= 0.3 is 0 Å². The van der Waals surface area contributed by atoms with Crippen molar-refractivity contribution in [3.8, 4) is 5.75 Å². The van der Waals surface area contributed by atoms with Crippen molar-refractivity contribution in [2.45, 2.75) is 30.9 Å². The Balaban J connectivity index is 2.29. The first-order valence-electron chi connectivity index (χ1n) is 4.63. The van der Waals surface area contributed by atoms with Gasteiger partial charge in [-0.15, -0.1) is 0 Å². The molecule has 0 spiro atoms. The van der Waals surface area contributed by atoms with Gasteiger partial charge < -0.3 is 4.74 Å². The second-order valence-corrected chi connectivity index (χ2v) is 5.16. The number of sulfonamides is 1. The molecule has 0 amide bonds. The molecule has 82 valence electrons. The molecule has 0 aromatic carbocycles. The maximum Gasteiger partial charge on any atom is 0.255 e. The molecular formula is C9H12N2O3S. The van der Waals surface area contributed by atoms with Crippen LogP contribution in [0.4, 0.5) is 0 Å². The zero-order chi connectivity index (χ0) is 11.1. The van der Waals surface area contributed by atoms with Crippen LogP contribution in [0.1, 0.15) is 18.4 Å². The van der Waals surface area contributed by atoms with Gasteiger partial charge in [-0.25, -0.2) is 18.5 Å². The van der Waals surface area contributed by atoms with Gasteiger partial charge in [0.1, 0.15) is 5.75 Å². The van der Waals surface area contributed by atoms with E-state index in [9.17, 15) is 8.42 Å². The summed E-state index contributed by atoms with van der Waals surface area (Å²) in [6.07, 6.45) is 3.78. The summed E-state index contributed by atoms with van der Waals surface area (Å²) in [6.45, 7) is 1.77. The number of nitrogens with two attached hydrogens (primary N) is 1. The molecule has 0 unspecified atom stereocenters. The van der Waals surface area contributed by atoms with E-state index in [1.54, 1.807) is 6.92 Å². The van der Waals surface area contributed by atoms with Gasteiger partial charge in [-0.1, -0.05) is 0 Å². The summed E-state index contributed by atoms with van der Waals surface area (Å²) < 4.78 is 27.5. The van der Waals surface area contributed by atoms with Crippen LogP contribution >= 0.6 is 0 Å². The third kappa shape index (κ3) is 2.45. The molecule has 1 fully saturated rings. The summed E-state index contributed by atoms with van der Waals surface area (Å²) in [5.74, 6) is 0.630. The minimum absolute atomic E-state index is 0.122. The minimum Gasteiger partial charge on any atom is -0.489 e. The van der Waals surface area contributed by atoms with Crippen LogP contribution in [0.2, 0.25) is 0 Å². The van der Waals surface area contributed by atoms with Gasteiger partial charge in [-0.2, -0.15) is 0 Å². The third-order valence-corrected chi connectivity index (χ3v) is 2.95. The molecule has 1 aromatic heterocycles. The molecule has 15 heavy (non-hydrogen) atoms. The molecule has 5 nitrogen and oxygen atoms in total. The topological polar surface area (TPSA) is 82.3 Å². The molecular weight excluding hydrogens is 216 g/mol. The number of pyridine rings is 1. The van der Waals surface area contributed by atoms with Crippen molar-refractivity contribution in [3.05, 3.63) is 17.8 Å². The van der Waals surface area contributed by atoms with Crippen LogP contribution in [0, 0.1) is 6.92 Å². The Morgan fingerprint density at radius 1 is 1.53 bits per heavy atom. The smallest absolute Gasteiger partial charge is 0.255 e. The highest BCUT2D eigenvalue weighted by Crippen LogP contribution is 2.28. The summed E-state index contributed by atoms with van der Waals surface area (Å²) in [7, 11) is -3.72. The molecule has 1 aliphatic carbocycles. The van der Waals surface area contributed by atoms with E-state index < -0.39 is 10.0 Å². The maximum absolute atomic E-state index is 11.0. The predicted molar refractivity (Wildman–Crippen MR) is 54.0 cm³/mol. The standard InChI is InChI=1S/C9H12N2O3S/c1-6-4-9(15(10,12)13)11-5-8(6)14-7-2-3-7/h4-5,7H,2-3H2,1H3,(H2,10,12,13). The van der Waals surface area contributed by atoms with E-state index in [2.05, 4.69) is 4.98 Å². The second-order valence-electron chi connectivity index (χ2n) is 3.65. The Bertz CT molecular complexity index is 480.